The number of nitrogens with one attached hydrogen (secondary N) is 2. The van der Waals surface area contributed by atoms with Gasteiger partial charge < -0.3 is 20.1 Å². The molecule has 0 fully saturated rings. The molecule has 0 bridgehead atoms. The summed E-state index contributed by atoms with van der Waals surface area (Å²) in [5.74, 6) is 0.880. The molecule has 0 aliphatic rings. The summed E-state index contributed by atoms with van der Waals surface area (Å²) >= 11 is 5.16. The van der Waals surface area contributed by atoms with Gasteiger partial charge in [0, 0.05) is 31.0 Å². The van der Waals surface area contributed by atoms with Crippen molar-refractivity contribution in [3.8, 4) is 5.75 Å². The molecule has 0 aliphatic carbocycles. The summed E-state index contributed by atoms with van der Waals surface area (Å²) in [6, 6.07) is 0. The maximum absolute atomic E-state index is 5.37. The van der Waals surface area contributed by atoms with Crippen molar-refractivity contribution < 1.29 is 9.47 Å². The number of aryl methyl sites for hydroxylation is 1. The van der Waals surface area contributed by atoms with Gasteiger partial charge in [0.2, 0.25) is 0 Å². The molecule has 6 heteroatoms. The van der Waals surface area contributed by atoms with Crippen LogP contribution in [0, 0.1) is 13.8 Å². The van der Waals surface area contributed by atoms with Gasteiger partial charge in [0.05, 0.1) is 26.0 Å². The third kappa shape index (κ3) is 4.65. The van der Waals surface area contributed by atoms with Gasteiger partial charge in [-0.15, -0.1) is 0 Å². The van der Waals surface area contributed by atoms with Gasteiger partial charge in [-0.2, -0.15) is 0 Å². The first kappa shape index (κ1) is 15.7. The van der Waals surface area contributed by atoms with Gasteiger partial charge in [-0.1, -0.05) is 0 Å². The molecule has 0 saturated heterocycles. The fourth-order valence-electron chi connectivity index (χ4n) is 1.74. The topological polar surface area (TPSA) is 55.4 Å². The van der Waals surface area contributed by atoms with Crippen molar-refractivity contribution in [3.05, 3.63) is 23.0 Å². The van der Waals surface area contributed by atoms with Crippen LogP contribution in [0.3, 0.4) is 0 Å². The number of hydrogen-bond acceptors (Lipinski definition) is 4. The highest BCUT2D eigenvalue weighted by molar-refractivity contribution is 7.80. The molecule has 0 radical (unpaired) electrons. The van der Waals surface area contributed by atoms with Crippen LogP contribution in [0.4, 0.5) is 0 Å². The molecule has 1 heterocycles. The molecule has 2 N–H and O–H groups in total. The summed E-state index contributed by atoms with van der Waals surface area (Å²) in [5, 5.41) is 6.76. The van der Waals surface area contributed by atoms with E-state index in [4.69, 9.17) is 21.7 Å². The standard InChI is InChI=1S/C13H21N3O2S/c1-9-7-15-11(10(2)12(9)18-4)8-16-13(19)14-5-6-17-3/h7H,5-6,8H2,1-4H3,(H2,14,16,19). The molecular formula is C13H21N3O2S. The molecule has 1 rings (SSSR count). The fraction of sp³-hybridized carbons (Fsp3) is 0.538. The maximum Gasteiger partial charge on any atom is 0.166 e. The molecule has 0 spiro atoms. The Kier molecular flexibility index (Phi) is 6.52. The SMILES string of the molecule is COCCNC(=S)NCc1ncc(C)c(OC)c1C. The Hall–Kier alpha value is -1.40. The average molecular weight is 283 g/mol. The minimum atomic E-state index is 0.571. The molecule has 0 saturated carbocycles. The van der Waals surface area contributed by atoms with Crippen molar-refractivity contribution in [3.63, 3.8) is 0 Å². The van der Waals surface area contributed by atoms with Crippen LogP contribution in [0.25, 0.3) is 0 Å². The minimum absolute atomic E-state index is 0.571. The molecule has 1 aromatic rings. The monoisotopic (exact) mass is 283 g/mol. The summed E-state index contributed by atoms with van der Waals surface area (Å²) in [7, 11) is 3.33. The van der Waals surface area contributed by atoms with Crippen LogP contribution in [0.5, 0.6) is 5.75 Å². The number of ether oxygens (including phenoxy) is 2. The zero-order valence-electron chi connectivity index (χ0n) is 11.9. The van der Waals surface area contributed by atoms with Gasteiger partial charge >= 0.3 is 0 Å². The number of pyridine rings is 1. The smallest absolute Gasteiger partial charge is 0.166 e. The van der Waals surface area contributed by atoms with Gasteiger partial charge in [-0.3, -0.25) is 4.98 Å². The minimum Gasteiger partial charge on any atom is -0.496 e. The average Bonchev–Trinajstić information content (AvgIpc) is 2.39. The Morgan fingerprint density at radius 2 is 2.05 bits per heavy atom. The van der Waals surface area contributed by atoms with E-state index < -0.39 is 0 Å². The molecule has 106 valence electrons. The van der Waals surface area contributed by atoms with Gasteiger partial charge in [0.1, 0.15) is 5.75 Å². The number of hydrogen-bond donors (Lipinski definition) is 2. The Balaban J connectivity index is 2.56. The summed E-state index contributed by atoms with van der Waals surface area (Å²) in [6.07, 6.45) is 1.81. The van der Waals surface area contributed by atoms with E-state index in [9.17, 15) is 0 Å². The molecule has 0 unspecified atom stereocenters. The van der Waals surface area contributed by atoms with E-state index in [0.29, 0.717) is 24.8 Å². The summed E-state index contributed by atoms with van der Waals surface area (Å²) < 4.78 is 10.3. The van der Waals surface area contributed by atoms with E-state index >= 15 is 0 Å². The Morgan fingerprint density at radius 1 is 1.32 bits per heavy atom. The molecular weight excluding hydrogens is 262 g/mol. The number of thiocarbonyl (C=S) groups is 1. The van der Waals surface area contributed by atoms with Crippen LogP contribution in [-0.2, 0) is 11.3 Å². The van der Waals surface area contributed by atoms with Crippen LogP contribution >= 0.6 is 12.2 Å². The van der Waals surface area contributed by atoms with E-state index in [1.807, 2.05) is 20.0 Å². The van der Waals surface area contributed by atoms with Crippen molar-refractivity contribution in [2.24, 2.45) is 0 Å². The number of rotatable bonds is 6. The van der Waals surface area contributed by atoms with E-state index in [1.165, 1.54) is 0 Å². The summed E-state index contributed by atoms with van der Waals surface area (Å²) in [5.41, 5.74) is 3.00. The lowest BCUT2D eigenvalue weighted by atomic mass is 10.1. The molecule has 0 aromatic carbocycles. The van der Waals surface area contributed by atoms with Crippen molar-refractivity contribution in [1.82, 2.24) is 15.6 Å². The molecule has 19 heavy (non-hydrogen) atoms. The molecule has 0 amide bonds. The van der Waals surface area contributed by atoms with Crippen molar-refractivity contribution in [2.45, 2.75) is 20.4 Å². The third-order valence-corrected chi connectivity index (χ3v) is 3.05. The highest BCUT2D eigenvalue weighted by Crippen LogP contribution is 2.23. The predicted molar refractivity (Wildman–Crippen MR) is 79.6 cm³/mol. The maximum atomic E-state index is 5.37. The second kappa shape index (κ2) is 7.91. The first-order chi connectivity index (χ1) is 9.10. The Bertz CT molecular complexity index is 438. The van der Waals surface area contributed by atoms with Crippen molar-refractivity contribution >= 4 is 17.3 Å². The van der Waals surface area contributed by atoms with Crippen LogP contribution in [-0.4, -0.2) is 37.5 Å². The highest BCUT2D eigenvalue weighted by atomic mass is 32.1. The van der Waals surface area contributed by atoms with E-state index in [2.05, 4.69) is 15.6 Å². The van der Waals surface area contributed by atoms with Crippen LogP contribution in [0.1, 0.15) is 16.8 Å². The first-order valence-corrected chi connectivity index (χ1v) is 6.50. The largest absolute Gasteiger partial charge is 0.496 e. The molecule has 0 aliphatic heterocycles. The quantitative estimate of drug-likeness (QED) is 0.606. The van der Waals surface area contributed by atoms with Crippen molar-refractivity contribution in [1.29, 1.82) is 0 Å². The van der Waals surface area contributed by atoms with E-state index in [1.54, 1.807) is 14.2 Å². The second-order valence-electron chi connectivity index (χ2n) is 4.15. The van der Waals surface area contributed by atoms with Crippen LogP contribution < -0.4 is 15.4 Å². The fourth-order valence-corrected chi connectivity index (χ4v) is 1.92. The molecule has 1 aromatic heterocycles. The second-order valence-corrected chi connectivity index (χ2v) is 4.56. The summed E-state index contributed by atoms with van der Waals surface area (Å²) in [4.78, 5) is 4.40. The third-order valence-electron chi connectivity index (χ3n) is 2.76. The number of methoxy groups -OCH3 is 2. The number of aromatic nitrogens is 1. The summed E-state index contributed by atoms with van der Waals surface area (Å²) in [6.45, 7) is 5.86. The zero-order chi connectivity index (χ0) is 14.3. The lowest BCUT2D eigenvalue weighted by molar-refractivity contribution is 0.204. The van der Waals surface area contributed by atoms with Crippen LogP contribution in [0.15, 0.2) is 6.20 Å². The van der Waals surface area contributed by atoms with Crippen LogP contribution in [0.2, 0.25) is 0 Å². The number of nitrogens with zero attached hydrogens (tertiary/aromatic N) is 1. The van der Waals surface area contributed by atoms with E-state index in [-0.39, 0.29) is 0 Å². The normalized spacial score (nSPS) is 10.1. The zero-order valence-corrected chi connectivity index (χ0v) is 12.7. The molecule has 0 atom stereocenters. The highest BCUT2D eigenvalue weighted by Gasteiger charge is 2.09. The Morgan fingerprint density at radius 3 is 2.68 bits per heavy atom. The van der Waals surface area contributed by atoms with Gasteiger partial charge in [0.25, 0.3) is 0 Å². The predicted octanol–water partition coefficient (Wildman–Crippen LogP) is 1.32. The lowest BCUT2D eigenvalue weighted by Crippen LogP contribution is -2.36. The Labute approximate surface area is 119 Å². The first-order valence-electron chi connectivity index (χ1n) is 6.09. The van der Waals surface area contributed by atoms with Crippen molar-refractivity contribution in [2.75, 3.05) is 27.4 Å². The van der Waals surface area contributed by atoms with E-state index in [0.717, 1.165) is 22.6 Å². The van der Waals surface area contributed by atoms with Gasteiger partial charge in [-0.05, 0) is 26.1 Å². The van der Waals surface area contributed by atoms with Gasteiger partial charge in [-0.25, -0.2) is 0 Å². The van der Waals surface area contributed by atoms with Gasteiger partial charge in [0.15, 0.2) is 5.11 Å². The molecule has 5 nitrogen and oxygen atoms in total. The lowest BCUT2D eigenvalue weighted by Gasteiger charge is -2.14.